The summed E-state index contributed by atoms with van der Waals surface area (Å²) in [6.07, 6.45) is 9.82. The quantitative estimate of drug-likeness (QED) is 0.845. The fourth-order valence-corrected chi connectivity index (χ4v) is 2.06. The molecule has 0 radical (unpaired) electrons. The smallest absolute Gasteiger partial charge is 0.408 e. The third-order valence-corrected chi connectivity index (χ3v) is 3.04. The Morgan fingerprint density at radius 3 is 2.76 bits per heavy atom. The molecule has 5 nitrogen and oxygen atoms in total. The van der Waals surface area contributed by atoms with Crippen molar-refractivity contribution in [3.05, 3.63) is 18.2 Å². The van der Waals surface area contributed by atoms with Crippen molar-refractivity contribution in [2.24, 2.45) is 0 Å². The molecular formula is C16H25N3O2. The summed E-state index contributed by atoms with van der Waals surface area (Å²) in [5.74, 6) is 2.65. The van der Waals surface area contributed by atoms with Crippen molar-refractivity contribution in [1.29, 1.82) is 0 Å². The highest BCUT2D eigenvalue weighted by molar-refractivity contribution is 5.68. The molecule has 0 aliphatic rings. The molecule has 0 saturated carbocycles. The number of ether oxygens (including phenoxy) is 1. The maximum Gasteiger partial charge on any atom is 0.408 e. The minimum atomic E-state index is -0.515. The Morgan fingerprint density at radius 1 is 1.57 bits per heavy atom. The van der Waals surface area contributed by atoms with Gasteiger partial charge >= 0.3 is 6.09 Å². The van der Waals surface area contributed by atoms with E-state index in [1.165, 1.54) is 0 Å². The van der Waals surface area contributed by atoms with Gasteiger partial charge in [0, 0.05) is 12.5 Å². The largest absolute Gasteiger partial charge is 0.444 e. The molecule has 0 fully saturated rings. The van der Waals surface area contributed by atoms with Gasteiger partial charge in [-0.25, -0.2) is 9.78 Å². The fourth-order valence-electron chi connectivity index (χ4n) is 2.06. The zero-order valence-electron chi connectivity index (χ0n) is 13.5. The second-order valence-electron chi connectivity index (χ2n) is 6.09. The Labute approximate surface area is 127 Å². The highest BCUT2D eigenvalue weighted by Gasteiger charge is 2.22. The molecule has 1 aromatic rings. The normalized spacial score (nSPS) is 14.1. The van der Waals surface area contributed by atoms with Crippen LogP contribution in [0.2, 0.25) is 0 Å². The van der Waals surface area contributed by atoms with Crippen molar-refractivity contribution < 1.29 is 9.53 Å². The first kappa shape index (κ1) is 17.1. The van der Waals surface area contributed by atoms with Crippen LogP contribution >= 0.6 is 0 Å². The lowest BCUT2D eigenvalue weighted by Gasteiger charge is -2.24. The number of imidazole rings is 1. The van der Waals surface area contributed by atoms with Crippen LogP contribution in [0.5, 0.6) is 0 Å². The van der Waals surface area contributed by atoms with Crippen LogP contribution in [0.3, 0.4) is 0 Å². The zero-order valence-corrected chi connectivity index (χ0v) is 13.5. The number of hydrogen-bond donors (Lipinski definition) is 1. The molecule has 0 spiro atoms. The molecule has 1 N–H and O–H groups in total. The standard InChI is InChI=1S/C16H25N3O2/c1-7-9-12(3)19-11-17-10-14(19)13(8-2)18-15(20)21-16(4,5)6/h1,10-13H,8-9H2,2-6H3,(H,18,20)/t12?,13-/m1/s1. The van der Waals surface area contributed by atoms with Gasteiger partial charge in [-0.15, -0.1) is 12.3 Å². The Balaban J connectivity index is 2.84. The van der Waals surface area contributed by atoms with Gasteiger partial charge in [-0.05, 0) is 34.1 Å². The van der Waals surface area contributed by atoms with E-state index in [4.69, 9.17) is 11.2 Å². The molecule has 1 unspecified atom stereocenters. The molecule has 1 rings (SSSR count). The van der Waals surface area contributed by atoms with Crippen molar-refractivity contribution in [3.8, 4) is 12.3 Å². The van der Waals surface area contributed by atoms with Crippen LogP contribution in [0, 0.1) is 12.3 Å². The number of nitrogens with one attached hydrogen (secondary N) is 1. The van der Waals surface area contributed by atoms with Crippen molar-refractivity contribution in [3.63, 3.8) is 0 Å². The SMILES string of the molecule is C#CCC(C)n1cncc1[C@@H](CC)NC(=O)OC(C)(C)C. The third-order valence-electron chi connectivity index (χ3n) is 3.04. The summed E-state index contributed by atoms with van der Waals surface area (Å²) in [6.45, 7) is 9.56. The average molecular weight is 291 g/mol. The minimum Gasteiger partial charge on any atom is -0.444 e. The molecule has 21 heavy (non-hydrogen) atoms. The maximum atomic E-state index is 11.9. The van der Waals surface area contributed by atoms with Crippen molar-refractivity contribution in [1.82, 2.24) is 14.9 Å². The molecule has 0 aromatic carbocycles. The average Bonchev–Trinajstić information content (AvgIpc) is 2.83. The number of carbonyl (C=O) groups excluding carboxylic acids is 1. The summed E-state index contributed by atoms with van der Waals surface area (Å²) in [4.78, 5) is 16.1. The molecule has 5 heteroatoms. The molecule has 2 atom stereocenters. The van der Waals surface area contributed by atoms with Crippen molar-refractivity contribution in [2.75, 3.05) is 0 Å². The molecule has 1 aromatic heterocycles. The van der Waals surface area contributed by atoms with E-state index in [0.29, 0.717) is 6.42 Å². The van der Waals surface area contributed by atoms with Gasteiger partial charge in [0.05, 0.1) is 24.3 Å². The van der Waals surface area contributed by atoms with Crippen LogP contribution in [0.15, 0.2) is 12.5 Å². The lowest BCUT2D eigenvalue weighted by Crippen LogP contribution is -2.35. The van der Waals surface area contributed by atoms with Gasteiger partial charge < -0.3 is 14.6 Å². The van der Waals surface area contributed by atoms with E-state index < -0.39 is 11.7 Å². The second-order valence-corrected chi connectivity index (χ2v) is 6.09. The van der Waals surface area contributed by atoms with Crippen molar-refractivity contribution >= 4 is 6.09 Å². The van der Waals surface area contributed by atoms with Crippen LogP contribution < -0.4 is 5.32 Å². The van der Waals surface area contributed by atoms with Crippen molar-refractivity contribution in [2.45, 2.75) is 65.1 Å². The highest BCUT2D eigenvalue weighted by Crippen LogP contribution is 2.22. The van der Waals surface area contributed by atoms with E-state index in [0.717, 1.165) is 12.1 Å². The Bertz CT molecular complexity index is 508. The lowest BCUT2D eigenvalue weighted by molar-refractivity contribution is 0.0499. The van der Waals surface area contributed by atoms with Gasteiger partial charge in [0.15, 0.2) is 0 Å². The third kappa shape index (κ3) is 5.14. The van der Waals surface area contributed by atoms with Crippen LogP contribution in [0.1, 0.15) is 65.2 Å². The number of alkyl carbamates (subject to hydrolysis) is 1. The molecule has 0 saturated heterocycles. The van der Waals surface area contributed by atoms with E-state index in [-0.39, 0.29) is 12.1 Å². The van der Waals surface area contributed by atoms with Crippen LogP contribution in [-0.4, -0.2) is 21.2 Å². The van der Waals surface area contributed by atoms with Gasteiger partial charge in [0.2, 0.25) is 0 Å². The summed E-state index contributed by atoms with van der Waals surface area (Å²) < 4.78 is 7.31. The number of hydrogen-bond acceptors (Lipinski definition) is 3. The number of amides is 1. The topological polar surface area (TPSA) is 56.2 Å². The first-order chi connectivity index (χ1) is 9.78. The summed E-state index contributed by atoms with van der Waals surface area (Å²) in [6, 6.07) is -0.00967. The summed E-state index contributed by atoms with van der Waals surface area (Å²) >= 11 is 0. The zero-order chi connectivity index (χ0) is 16.0. The number of aromatic nitrogens is 2. The summed E-state index contributed by atoms with van der Waals surface area (Å²) in [5, 5.41) is 2.89. The van der Waals surface area contributed by atoms with Gasteiger partial charge in [0.25, 0.3) is 0 Å². The molecule has 0 aliphatic carbocycles. The van der Waals surface area contributed by atoms with Crippen LogP contribution in [0.25, 0.3) is 0 Å². The van der Waals surface area contributed by atoms with E-state index >= 15 is 0 Å². The summed E-state index contributed by atoms with van der Waals surface area (Å²) in [7, 11) is 0. The number of nitrogens with zero attached hydrogens (tertiary/aromatic N) is 2. The van der Waals surface area contributed by atoms with E-state index in [9.17, 15) is 4.79 Å². The second kappa shape index (κ2) is 7.16. The Kier molecular flexibility index (Phi) is 5.83. The van der Waals surface area contributed by atoms with Crippen LogP contribution in [0.4, 0.5) is 4.79 Å². The van der Waals surface area contributed by atoms with Crippen LogP contribution in [-0.2, 0) is 4.74 Å². The number of carbonyl (C=O) groups is 1. The lowest BCUT2D eigenvalue weighted by atomic mass is 10.1. The first-order valence-electron chi connectivity index (χ1n) is 7.23. The molecule has 116 valence electrons. The summed E-state index contributed by atoms with van der Waals surface area (Å²) in [5.41, 5.74) is 0.422. The van der Waals surface area contributed by atoms with E-state index in [1.54, 1.807) is 12.5 Å². The molecule has 0 bridgehead atoms. The maximum absolute atomic E-state index is 11.9. The van der Waals surface area contributed by atoms with Gasteiger partial charge in [-0.2, -0.15) is 0 Å². The van der Waals surface area contributed by atoms with E-state index in [2.05, 4.69) is 16.2 Å². The Morgan fingerprint density at radius 2 is 2.24 bits per heavy atom. The van der Waals surface area contributed by atoms with Gasteiger partial charge in [-0.1, -0.05) is 6.92 Å². The molecular weight excluding hydrogens is 266 g/mol. The fraction of sp³-hybridized carbons (Fsp3) is 0.625. The van der Waals surface area contributed by atoms with Gasteiger partial charge in [-0.3, -0.25) is 0 Å². The molecule has 0 aliphatic heterocycles. The number of rotatable bonds is 5. The van der Waals surface area contributed by atoms with E-state index in [1.807, 2.05) is 39.2 Å². The predicted molar refractivity (Wildman–Crippen MR) is 82.8 cm³/mol. The highest BCUT2D eigenvalue weighted by atomic mass is 16.6. The predicted octanol–water partition coefficient (Wildman–Crippen LogP) is 3.44. The molecule has 1 heterocycles. The van der Waals surface area contributed by atoms with Gasteiger partial charge in [0.1, 0.15) is 5.60 Å². The first-order valence-corrected chi connectivity index (χ1v) is 7.23. The monoisotopic (exact) mass is 291 g/mol. The molecule has 1 amide bonds. The Hall–Kier alpha value is -1.96. The number of terminal acetylenes is 1. The minimum absolute atomic E-state index is 0.141.